The third-order valence-corrected chi connectivity index (χ3v) is 7.17. The number of aromatic nitrogens is 6. The minimum Gasteiger partial charge on any atom is -0.278 e. The van der Waals surface area contributed by atoms with Crippen molar-refractivity contribution >= 4 is 27.8 Å². The molecule has 0 spiro atoms. The predicted octanol–water partition coefficient (Wildman–Crippen LogP) is 7.62. The van der Waals surface area contributed by atoms with Gasteiger partial charge in [-0.3, -0.25) is 8.97 Å². The highest BCUT2D eigenvalue weighted by atomic mass is 15.2. The molecule has 5 aromatic carbocycles. The van der Waals surface area contributed by atoms with E-state index in [9.17, 15) is 0 Å². The Hall–Kier alpha value is -5.62. The molecule has 188 valence electrons. The molecular weight excluding hydrogens is 492 g/mol. The molecule has 0 amide bonds. The molecule has 6 heteroatoms. The topological polar surface area (TPSA) is 60.9 Å². The smallest absolute Gasteiger partial charge is 0.220 e. The molecule has 8 aromatic rings. The number of fused-ring (bicyclic) bond motifs is 5. The number of hydrogen-bond acceptors (Lipinski definition) is 4. The molecule has 0 saturated heterocycles. The van der Waals surface area contributed by atoms with Crippen LogP contribution >= 0.6 is 0 Å². The van der Waals surface area contributed by atoms with E-state index in [1.807, 2.05) is 78.9 Å². The van der Waals surface area contributed by atoms with Crippen molar-refractivity contribution in [3.05, 3.63) is 133 Å². The molecular formula is C34H22N6. The van der Waals surface area contributed by atoms with Gasteiger partial charge in [0.1, 0.15) is 0 Å². The van der Waals surface area contributed by atoms with Crippen molar-refractivity contribution in [1.29, 1.82) is 0 Å². The standard InChI is InChI=1S/C34H22N6/c1-3-12-23(13-4-1)31-36-32(24-14-5-2-6-15-24)38-33(37-31)25-16-11-17-26(22-25)39-29-20-9-10-21-30(29)40-28-19-8-7-18-27(28)35-34(39)40/h1-22H. The van der Waals surface area contributed by atoms with Crippen LogP contribution in [-0.4, -0.2) is 28.9 Å². The second-order valence-corrected chi connectivity index (χ2v) is 9.65. The lowest BCUT2D eigenvalue weighted by Gasteiger charge is -2.10. The lowest BCUT2D eigenvalue weighted by Crippen LogP contribution is -2.01. The van der Waals surface area contributed by atoms with Gasteiger partial charge in [0.2, 0.25) is 5.78 Å². The molecule has 8 rings (SSSR count). The lowest BCUT2D eigenvalue weighted by atomic mass is 10.1. The summed E-state index contributed by atoms with van der Waals surface area (Å²) in [6.45, 7) is 0. The van der Waals surface area contributed by atoms with E-state index in [1.165, 1.54) is 0 Å². The summed E-state index contributed by atoms with van der Waals surface area (Å²) in [5, 5.41) is 0. The van der Waals surface area contributed by atoms with Gasteiger partial charge < -0.3 is 0 Å². The average Bonchev–Trinajstić information content (AvgIpc) is 3.56. The Labute approximate surface area is 229 Å². The summed E-state index contributed by atoms with van der Waals surface area (Å²) in [4.78, 5) is 19.7. The molecule has 0 fully saturated rings. The van der Waals surface area contributed by atoms with E-state index in [1.54, 1.807) is 0 Å². The summed E-state index contributed by atoms with van der Waals surface area (Å²) < 4.78 is 4.43. The fraction of sp³-hybridized carbons (Fsp3) is 0. The van der Waals surface area contributed by atoms with Crippen LogP contribution in [0.5, 0.6) is 0 Å². The summed E-state index contributed by atoms with van der Waals surface area (Å²) in [5.41, 5.74) is 8.02. The van der Waals surface area contributed by atoms with Gasteiger partial charge >= 0.3 is 0 Å². The molecule has 0 aliphatic heterocycles. The van der Waals surface area contributed by atoms with E-state index < -0.39 is 0 Å². The third kappa shape index (κ3) is 3.58. The molecule has 0 N–H and O–H groups in total. The monoisotopic (exact) mass is 514 g/mol. The number of nitrogens with zero attached hydrogens (tertiary/aromatic N) is 6. The molecule has 40 heavy (non-hydrogen) atoms. The normalized spacial score (nSPS) is 11.5. The quantitative estimate of drug-likeness (QED) is 0.242. The first-order chi connectivity index (χ1) is 19.8. The van der Waals surface area contributed by atoms with Gasteiger partial charge in [0.25, 0.3) is 0 Å². The molecule has 0 atom stereocenters. The first-order valence-corrected chi connectivity index (χ1v) is 13.2. The van der Waals surface area contributed by atoms with E-state index in [0.29, 0.717) is 17.5 Å². The average molecular weight is 515 g/mol. The summed E-state index contributed by atoms with van der Waals surface area (Å²) in [6.07, 6.45) is 0. The van der Waals surface area contributed by atoms with Gasteiger partial charge in [-0.2, -0.15) is 0 Å². The Morgan fingerprint density at radius 3 is 1.60 bits per heavy atom. The van der Waals surface area contributed by atoms with E-state index in [4.69, 9.17) is 19.9 Å². The lowest BCUT2D eigenvalue weighted by molar-refractivity contribution is 1.07. The zero-order valence-corrected chi connectivity index (χ0v) is 21.4. The molecule has 3 aromatic heterocycles. The molecule has 0 saturated carbocycles. The van der Waals surface area contributed by atoms with Gasteiger partial charge in [-0.05, 0) is 36.4 Å². The third-order valence-electron chi connectivity index (χ3n) is 7.17. The fourth-order valence-corrected chi connectivity index (χ4v) is 5.33. The number of benzene rings is 5. The van der Waals surface area contributed by atoms with Crippen LogP contribution in [0.25, 0.3) is 67.7 Å². The minimum absolute atomic E-state index is 0.621. The van der Waals surface area contributed by atoms with Crippen LogP contribution in [0.4, 0.5) is 0 Å². The number of para-hydroxylation sites is 4. The van der Waals surface area contributed by atoms with Crippen molar-refractivity contribution in [1.82, 2.24) is 28.9 Å². The van der Waals surface area contributed by atoms with Gasteiger partial charge in [-0.1, -0.05) is 97.1 Å². The Kier molecular flexibility index (Phi) is 5.03. The van der Waals surface area contributed by atoms with Gasteiger partial charge in [0.15, 0.2) is 17.5 Å². The maximum Gasteiger partial charge on any atom is 0.220 e. The summed E-state index contributed by atoms with van der Waals surface area (Å²) >= 11 is 0. The van der Waals surface area contributed by atoms with Crippen LogP contribution in [0.2, 0.25) is 0 Å². The van der Waals surface area contributed by atoms with Crippen LogP contribution in [0.3, 0.4) is 0 Å². The Morgan fingerprint density at radius 2 is 0.925 bits per heavy atom. The Bertz CT molecular complexity index is 2100. The molecule has 0 bridgehead atoms. The van der Waals surface area contributed by atoms with Crippen molar-refractivity contribution in [2.24, 2.45) is 0 Å². The van der Waals surface area contributed by atoms with Gasteiger partial charge in [0, 0.05) is 22.4 Å². The molecule has 6 nitrogen and oxygen atoms in total. The van der Waals surface area contributed by atoms with Crippen LogP contribution in [0.1, 0.15) is 0 Å². The highest BCUT2D eigenvalue weighted by Gasteiger charge is 2.18. The van der Waals surface area contributed by atoms with Crippen LogP contribution in [-0.2, 0) is 0 Å². The highest BCUT2D eigenvalue weighted by Crippen LogP contribution is 2.31. The second kappa shape index (κ2) is 8.99. The number of imidazole rings is 2. The van der Waals surface area contributed by atoms with Gasteiger partial charge in [0.05, 0.1) is 22.1 Å². The number of rotatable bonds is 4. The summed E-state index contributed by atoms with van der Waals surface area (Å²) in [5.74, 6) is 2.77. The Balaban J connectivity index is 1.35. The largest absolute Gasteiger partial charge is 0.278 e. The van der Waals surface area contributed by atoms with Crippen molar-refractivity contribution in [3.63, 3.8) is 0 Å². The van der Waals surface area contributed by atoms with Crippen LogP contribution < -0.4 is 0 Å². The van der Waals surface area contributed by atoms with Gasteiger partial charge in [-0.15, -0.1) is 0 Å². The minimum atomic E-state index is 0.621. The molecule has 0 aliphatic carbocycles. The van der Waals surface area contributed by atoms with Crippen molar-refractivity contribution in [2.75, 3.05) is 0 Å². The van der Waals surface area contributed by atoms with Crippen molar-refractivity contribution in [2.45, 2.75) is 0 Å². The predicted molar refractivity (Wildman–Crippen MR) is 159 cm³/mol. The fourth-order valence-electron chi connectivity index (χ4n) is 5.33. The molecule has 0 aliphatic rings. The first-order valence-electron chi connectivity index (χ1n) is 13.2. The zero-order valence-electron chi connectivity index (χ0n) is 21.4. The zero-order chi connectivity index (χ0) is 26.5. The highest BCUT2D eigenvalue weighted by molar-refractivity contribution is 5.92. The SMILES string of the molecule is c1ccc(-c2nc(-c3ccccc3)nc(-c3cccc(-n4c5ccccc5n5c6ccccc6nc45)c3)n2)cc1. The summed E-state index contributed by atoms with van der Waals surface area (Å²) in [7, 11) is 0. The first kappa shape index (κ1) is 22.4. The van der Waals surface area contributed by atoms with E-state index in [2.05, 4.69) is 63.6 Å². The number of hydrogen-bond donors (Lipinski definition) is 0. The maximum atomic E-state index is 5.02. The van der Waals surface area contributed by atoms with E-state index in [0.717, 1.165) is 50.2 Å². The molecule has 3 heterocycles. The van der Waals surface area contributed by atoms with E-state index >= 15 is 0 Å². The van der Waals surface area contributed by atoms with E-state index in [-0.39, 0.29) is 0 Å². The van der Waals surface area contributed by atoms with Gasteiger partial charge in [-0.25, -0.2) is 19.9 Å². The molecule has 0 radical (unpaired) electrons. The summed E-state index contributed by atoms with van der Waals surface area (Å²) in [6, 6.07) is 45.1. The van der Waals surface area contributed by atoms with Crippen molar-refractivity contribution in [3.8, 4) is 39.9 Å². The molecule has 0 unspecified atom stereocenters. The Morgan fingerprint density at radius 1 is 0.400 bits per heavy atom. The maximum absolute atomic E-state index is 5.02. The van der Waals surface area contributed by atoms with Crippen LogP contribution in [0.15, 0.2) is 133 Å². The second-order valence-electron chi connectivity index (χ2n) is 9.65. The van der Waals surface area contributed by atoms with Crippen molar-refractivity contribution < 1.29 is 0 Å². The van der Waals surface area contributed by atoms with Crippen LogP contribution in [0, 0.1) is 0 Å².